The third-order valence-electron chi connectivity index (χ3n) is 6.04. The van der Waals surface area contributed by atoms with Gasteiger partial charge in [0, 0.05) is 12.7 Å². The number of benzene rings is 1. The van der Waals surface area contributed by atoms with E-state index < -0.39 is 14.6 Å². The van der Waals surface area contributed by atoms with Gasteiger partial charge in [0.2, 0.25) is 0 Å². The largest absolute Gasteiger partial charge is 0.497 e. The fourth-order valence-corrected chi connectivity index (χ4v) is 4.07. The van der Waals surface area contributed by atoms with Gasteiger partial charge in [0.15, 0.2) is 14.6 Å². The van der Waals surface area contributed by atoms with Crippen molar-refractivity contribution >= 4 is 8.32 Å². The zero-order chi connectivity index (χ0) is 23.8. The van der Waals surface area contributed by atoms with E-state index in [-0.39, 0.29) is 24.0 Å². The van der Waals surface area contributed by atoms with Crippen molar-refractivity contribution < 1.29 is 28.1 Å². The molecule has 1 unspecified atom stereocenters. The Morgan fingerprint density at radius 3 is 2.38 bits per heavy atom. The van der Waals surface area contributed by atoms with E-state index in [1.165, 1.54) is 0 Å². The van der Waals surface area contributed by atoms with Gasteiger partial charge < -0.3 is 28.1 Å². The maximum Gasteiger partial charge on any atom is 0.192 e. The van der Waals surface area contributed by atoms with Gasteiger partial charge in [-0.3, -0.25) is 0 Å². The van der Waals surface area contributed by atoms with Gasteiger partial charge in [-0.05, 0) is 42.3 Å². The van der Waals surface area contributed by atoms with E-state index in [2.05, 4.69) is 46.5 Å². The molecule has 0 radical (unpaired) electrons. The molecule has 0 spiro atoms. The Hall–Kier alpha value is -1.48. The van der Waals surface area contributed by atoms with Crippen LogP contribution in [0.5, 0.6) is 5.75 Å². The Bertz CT molecular complexity index is 738. The third-order valence-corrected chi connectivity index (χ3v) is 10.5. The van der Waals surface area contributed by atoms with Gasteiger partial charge in [0.05, 0.1) is 20.3 Å². The average Bonchev–Trinajstić information content (AvgIpc) is 3.14. The number of ether oxygens (including phenoxy) is 5. The van der Waals surface area contributed by atoms with Gasteiger partial charge in [-0.25, -0.2) is 0 Å². The lowest BCUT2D eigenvalue weighted by Gasteiger charge is -2.37. The third kappa shape index (κ3) is 7.54. The van der Waals surface area contributed by atoms with Crippen molar-refractivity contribution in [1.29, 1.82) is 0 Å². The first-order chi connectivity index (χ1) is 15.1. The molecule has 1 aliphatic heterocycles. The van der Waals surface area contributed by atoms with Crippen LogP contribution in [0.1, 0.15) is 39.0 Å². The number of hydrogen-bond acceptors (Lipinski definition) is 6. The van der Waals surface area contributed by atoms with Crippen molar-refractivity contribution in [3.8, 4) is 5.75 Å². The molecule has 1 saturated heterocycles. The highest BCUT2D eigenvalue weighted by Crippen LogP contribution is 2.38. The van der Waals surface area contributed by atoms with Crippen LogP contribution in [0, 0.1) is 0 Å². The summed E-state index contributed by atoms with van der Waals surface area (Å²) in [6, 6.07) is 7.75. The molecule has 0 bridgehead atoms. The summed E-state index contributed by atoms with van der Waals surface area (Å²) >= 11 is 0. The molecule has 0 saturated carbocycles. The molecule has 3 atom stereocenters. The smallest absolute Gasteiger partial charge is 0.192 e. The van der Waals surface area contributed by atoms with Crippen LogP contribution < -0.4 is 4.74 Å². The fraction of sp³-hybridized carbons (Fsp3) is 0.600. The highest BCUT2D eigenvalue weighted by atomic mass is 28.4. The zero-order valence-corrected chi connectivity index (χ0v) is 21.7. The summed E-state index contributed by atoms with van der Waals surface area (Å²) in [7, 11) is 1.33. The highest BCUT2D eigenvalue weighted by molar-refractivity contribution is 6.74. The minimum Gasteiger partial charge on any atom is -0.497 e. The standard InChI is InChI=1S/C25H40O6Si/c1-9-10-19(16-28-18-26-5)15-22-23(17-29-32(7,8)25(2,3)4)31-24(30-22)20-11-13-21(27-6)14-12-20/h9,11-15,22-24H,1,10,16-18H2,2-8H3/b19-15+/t22-,23-,24?/m0/s1. The highest BCUT2D eigenvalue weighted by Gasteiger charge is 2.41. The summed E-state index contributed by atoms with van der Waals surface area (Å²) in [6.07, 6.45) is 3.69. The summed E-state index contributed by atoms with van der Waals surface area (Å²) in [5, 5.41) is 0.120. The Balaban J connectivity index is 2.21. The van der Waals surface area contributed by atoms with Crippen LogP contribution in [0.4, 0.5) is 0 Å². The molecule has 1 aromatic carbocycles. The van der Waals surface area contributed by atoms with E-state index >= 15 is 0 Å². The van der Waals surface area contributed by atoms with Gasteiger partial charge in [-0.1, -0.05) is 45.1 Å². The second-order valence-electron chi connectivity index (χ2n) is 9.52. The second-order valence-corrected chi connectivity index (χ2v) is 14.3. The van der Waals surface area contributed by atoms with E-state index in [0.717, 1.165) is 16.9 Å². The first-order valence-electron chi connectivity index (χ1n) is 11.1. The van der Waals surface area contributed by atoms with Crippen LogP contribution in [0.3, 0.4) is 0 Å². The molecule has 1 aliphatic rings. The van der Waals surface area contributed by atoms with Crippen LogP contribution >= 0.6 is 0 Å². The molecule has 0 N–H and O–H groups in total. The van der Waals surface area contributed by atoms with E-state index in [0.29, 0.717) is 19.6 Å². The molecule has 180 valence electrons. The van der Waals surface area contributed by atoms with Gasteiger partial charge in [0.1, 0.15) is 24.8 Å². The number of allylic oxidation sites excluding steroid dienone is 1. The predicted octanol–water partition coefficient (Wildman–Crippen LogP) is 5.62. The minimum atomic E-state index is -1.93. The van der Waals surface area contributed by atoms with Crippen LogP contribution in [0.15, 0.2) is 48.6 Å². The molecular formula is C25H40O6Si. The molecule has 0 amide bonds. The van der Waals surface area contributed by atoms with Gasteiger partial charge in [0.25, 0.3) is 0 Å². The Morgan fingerprint density at radius 2 is 1.81 bits per heavy atom. The summed E-state index contributed by atoms with van der Waals surface area (Å²) < 4.78 is 35.0. The lowest BCUT2D eigenvalue weighted by molar-refractivity contribution is -0.0702. The summed E-state index contributed by atoms with van der Waals surface area (Å²) in [5.74, 6) is 0.796. The summed E-state index contributed by atoms with van der Waals surface area (Å²) in [5.41, 5.74) is 2.01. The Labute approximate surface area is 194 Å². The average molecular weight is 465 g/mol. The molecule has 1 heterocycles. The minimum absolute atomic E-state index is 0.120. The second kappa shape index (κ2) is 12.1. The van der Waals surface area contributed by atoms with Crippen molar-refractivity contribution in [2.75, 3.05) is 34.2 Å². The zero-order valence-electron chi connectivity index (χ0n) is 20.7. The lowest BCUT2D eigenvalue weighted by Crippen LogP contribution is -2.43. The van der Waals surface area contributed by atoms with Crippen molar-refractivity contribution in [2.24, 2.45) is 0 Å². The molecule has 0 aromatic heterocycles. The van der Waals surface area contributed by atoms with Crippen LogP contribution in [-0.2, 0) is 23.4 Å². The summed E-state index contributed by atoms with van der Waals surface area (Å²) in [4.78, 5) is 0. The molecule has 32 heavy (non-hydrogen) atoms. The molecule has 0 aliphatic carbocycles. The van der Waals surface area contributed by atoms with E-state index in [4.69, 9.17) is 28.1 Å². The van der Waals surface area contributed by atoms with Crippen molar-refractivity contribution in [3.63, 3.8) is 0 Å². The molecular weight excluding hydrogens is 424 g/mol. The topological polar surface area (TPSA) is 55.4 Å². The lowest BCUT2D eigenvalue weighted by atomic mass is 10.1. The molecule has 1 aromatic rings. The van der Waals surface area contributed by atoms with Gasteiger partial charge >= 0.3 is 0 Å². The summed E-state index contributed by atoms with van der Waals surface area (Å²) in [6.45, 7) is 16.2. The van der Waals surface area contributed by atoms with E-state index in [9.17, 15) is 0 Å². The first kappa shape index (κ1) is 26.8. The Kier molecular flexibility index (Phi) is 10.1. The van der Waals surface area contributed by atoms with Crippen molar-refractivity contribution in [1.82, 2.24) is 0 Å². The van der Waals surface area contributed by atoms with Crippen molar-refractivity contribution in [2.45, 2.75) is 63.8 Å². The van der Waals surface area contributed by atoms with Gasteiger partial charge in [-0.2, -0.15) is 0 Å². The number of methoxy groups -OCH3 is 2. The molecule has 1 fully saturated rings. The number of hydrogen-bond donors (Lipinski definition) is 0. The normalized spacial score (nSPS) is 22.2. The van der Waals surface area contributed by atoms with Crippen LogP contribution in [-0.4, -0.2) is 54.8 Å². The predicted molar refractivity (Wildman–Crippen MR) is 129 cm³/mol. The monoisotopic (exact) mass is 464 g/mol. The molecule has 7 heteroatoms. The fourth-order valence-electron chi connectivity index (χ4n) is 3.05. The SMILES string of the molecule is C=CC/C(=C\[C@@H]1OC(c2ccc(OC)cc2)O[C@H]1CO[Si](C)(C)C(C)(C)C)COCOC. The van der Waals surface area contributed by atoms with Crippen LogP contribution in [0.2, 0.25) is 18.1 Å². The van der Waals surface area contributed by atoms with Crippen LogP contribution in [0.25, 0.3) is 0 Å². The maximum atomic E-state index is 6.48. The van der Waals surface area contributed by atoms with E-state index in [1.807, 2.05) is 30.3 Å². The molecule has 6 nitrogen and oxygen atoms in total. The quantitative estimate of drug-likeness (QED) is 0.173. The number of rotatable bonds is 12. The van der Waals surface area contributed by atoms with E-state index in [1.54, 1.807) is 14.2 Å². The first-order valence-corrected chi connectivity index (χ1v) is 14.0. The maximum absolute atomic E-state index is 6.48. The Morgan fingerprint density at radius 1 is 1.12 bits per heavy atom. The van der Waals surface area contributed by atoms with Crippen molar-refractivity contribution in [3.05, 3.63) is 54.1 Å². The van der Waals surface area contributed by atoms with Gasteiger partial charge in [-0.15, -0.1) is 6.58 Å². The molecule has 2 rings (SSSR count).